The molecule has 35 nitrogen and oxygen atoms in total. The molecule has 2 rings (SSSR count). The zero-order valence-corrected chi connectivity index (χ0v) is 56.2. The molecule has 540 valence electrons. The molecule has 97 heavy (non-hydrogen) atoms. The number of rotatable bonds is 31. The van der Waals surface area contributed by atoms with Gasteiger partial charge in [0.2, 0.25) is 0 Å². The van der Waals surface area contributed by atoms with Crippen LogP contribution in [-0.4, -0.2) is 202 Å². The van der Waals surface area contributed by atoms with Crippen LogP contribution >= 0.6 is 0 Å². The van der Waals surface area contributed by atoms with Crippen LogP contribution in [0.2, 0.25) is 0 Å². The maximum absolute atomic E-state index is 12.2. The van der Waals surface area contributed by atoms with Gasteiger partial charge in [0.1, 0.15) is 19.3 Å². The van der Waals surface area contributed by atoms with Crippen molar-refractivity contribution in [1.29, 1.82) is 0 Å². The first kappa shape index (κ1) is 88.4. The smallest absolute Gasteiger partial charge is 0.347 e. The normalized spacial score (nSPS) is 14.6. The van der Waals surface area contributed by atoms with Gasteiger partial charge in [-0.15, -0.1) is 0 Å². The number of carboxylic acid groups (broad SMARTS) is 2. The molecular weight excluding hydrogens is 1300 g/mol. The van der Waals surface area contributed by atoms with E-state index in [0.29, 0.717) is 0 Å². The molecule has 0 aliphatic rings. The monoisotopic (exact) mass is 1390 g/mol. The van der Waals surface area contributed by atoms with Crippen LogP contribution in [0.4, 0.5) is 0 Å². The van der Waals surface area contributed by atoms with E-state index in [0.717, 1.165) is 59.6 Å². The molecule has 0 saturated carbocycles. The first-order valence-electron chi connectivity index (χ1n) is 29.0. The zero-order valence-electron chi connectivity index (χ0n) is 56.2. The van der Waals surface area contributed by atoms with Crippen molar-refractivity contribution in [2.75, 3.05) is 0 Å². The first-order valence-corrected chi connectivity index (χ1v) is 29.0. The minimum absolute atomic E-state index is 0.00855. The Hall–Kier alpha value is -10.6. The number of carboxylic acids is 2. The average molecular weight is 1390 g/mol. The summed E-state index contributed by atoms with van der Waals surface area (Å²) < 4.78 is 71.3. The minimum atomic E-state index is -1.47. The highest BCUT2D eigenvalue weighted by molar-refractivity contribution is 5.89. The predicted octanol–water partition coefficient (Wildman–Crippen LogP) is 2.15. The predicted molar refractivity (Wildman–Crippen MR) is 319 cm³/mol. The fourth-order valence-corrected chi connectivity index (χ4v) is 5.77. The molecule has 0 amide bonds. The SMILES string of the molecule is CC(=O)O[C@@H](C)C(=O)O[C@H](C)C(=O)O[C@H](C)C(=O)O.CC(=O)O[C@@H](C)C(=O)O[C@H](C)C(=O)O[C@H](C)C(=O)O[C@H](C)C(=O)O[C@H](C)C(=O)O.CC(=O)O[C@@H](C)C(=O)O[C@H](C)C(=O)O[C@H](C)C(=O)O[C@H](C)C(=O)O[C@H](C)C(=O)OCc1ccccc1.C[C@H](O)C(=O)OCc1ccccc1. The van der Waals surface area contributed by atoms with E-state index in [-0.39, 0.29) is 13.2 Å². The molecule has 0 aromatic heterocycles. The lowest BCUT2D eigenvalue weighted by Gasteiger charge is -2.20. The lowest BCUT2D eigenvalue weighted by molar-refractivity contribution is -0.186. The second-order valence-electron chi connectivity index (χ2n) is 20.1. The average Bonchev–Trinajstić information content (AvgIpc) is 2.20. The zero-order chi connectivity index (χ0) is 75.1. The van der Waals surface area contributed by atoms with Crippen molar-refractivity contribution in [2.24, 2.45) is 0 Å². The summed E-state index contributed by atoms with van der Waals surface area (Å²) in [6.07, 6.45) is -18.7. The molecule has 0 unspecified atom stereocenters. The third-order valence-corrected chi connectivity index (χ3v) is 11.1. The molecule has 0 aliphatic carbocycles. The van der Waals surface area contributed by atoms with Gasteiger partial charge in [-0.25, -0.2) is 67.1 Å². The summed E-state index contributed by atoms with van der Waals surface area (Å²) in [6.45, 7) is 20.5. The second-order valence-corrected chi connectivity index (χ2v) is 20.1. The number of hydrogen-bond donors (Lipinski definition) is 3. The highest BCUT2D eigenvalue weighted by Crippen LogP contribution is 2.12. The van der Waals surface area contributed by atoms with Gasteiger partial charge in [0, 0.05) is 20.8 Å². The molecule has 2 aromatic rings. The molecule has 0 saturated heterocycles. The fourth-order valence-electron chi connectivity index (χ4n) is 5.77. The van der Waals surface area contributed by atoms with Gasteiger partial charge in [-0.3, -0.25) is 14.4 Å². The Morgan fingerprint density at radius 1 is 0.258 bits per heavy atom. The van der Waals surface area contributed by atoms with Crippen molar-refractivity contribution in [1.82, 2.24) is 0 Å². The Bertz CT molecular complexity index is 2990. The number of carbonyl (C=O) groups is 17. The number of aliphatic hydroxyl groups excluding tert-OH is 1. The van der Waals surface area contributed by atoms with E-state index < -0.39 is 187 Å². The first-order chi connectivity index (χ1) is 44.9. The summed E-state index contributed by atoms with van der Waals surface area (Å²) in [6, 6.07) is 18.2. The van der Waals surface area contributed by atoms with Crippen molar-refractivity contribution in [2.45, 2.75) is 216 Å². The van der Waals surface area contributed by atoms with Crippen LogP contribution in [0.25, 0.3) is 0 Å². The quantitative estimate of drug-likeness (QED) is 0.0719. The highest BCUT2D eigenvalue weighted by atomic mass is 16.7. The second kappa shape index (κ2) is 45.7. The van der Waals surface area contributed by atoms with Crippen LogP contribution in [0.3, 0.4) is 0 Å². The van der Waals surface area contributed by atoms with Crippen LogP contribution in [0, 0.1) is 0 Å². The third-order valence-electron chi connectivity index (χ3n) is 11.1. The Balaban J connectivity index is 0. The van der Waals surface area contributed by atoms with E-state index in [4.69, 9.17) is 58.0 Å². The van der Waals surface area contributed by atoms with Gasteiger partial charge < -0.3 is 86.4 Å². The maximum Gasteiger partial charge on any atom is 0.347 e. The van der Waals surface area contributed by atoms with Gasteiger partial charge in [0.25, 0.3) is 0 Å². The Labute approximate surface area is 556 Å². The molecule has 35 heteroatoms. The largest absolute Gasteiger partial charge is 0.479 e. The number of aliphatic hydroxyl groups is 1. The molecule has 0 aliphatic heterocycles. The molecule has 3 N–H and O–H groups in total. The van der Waals surface area contributed by atoms with Crippen molar-refractivity contribution in [3.8, 4) is 0 Å². The minimum Gasteiger partial charge on any atom is -0.479 e. The molecule has 0 heterocycles. The standard InChI is InChI=1S/C24H30O12.C17H24O12.C11H16O8.C10H12O3/c1-13(20(26)31-12-19-10-8-7-9-11-19)33-22(28)15(3)35-24(30)17(5)36-23(29)16(4)34-21(27)14(2)32-18(6)25;1-7(13(19)20)26-15(22)9(3)28-17(24)11(5)29-16(23)10(4)27-14(21)8(2)25-12(6)18;1-5(9(13)14)18-11(16)7(3)19-10(15)6(2)17-8(4)12;1-8(11)10(12)13-7-9-5-3-2-4-6-9/h7-11,13-17H,12H2,1-6H3;7-11H,1-6H3,(H,19,20);5-7H,1-4H3,(H,13,14);2-6,8,11H,7H2,1H3/t13-,14+,15-,16-,17-;7-,8+,9-,10-,11-;5-,6+,7-;8-/m1110/s1. The summed E-state index contributed by atoms with van der Waals surface area (Å²) in [4.78, 5) is 194. The maximum atomic E-state index is 12.2. The lowest BCUT2D eigenvalue weighted by atomic mass is 10.2. The molecular formula is C62H82O35. The third kappa shape index (κ3) is 39.0. The van der Waals surface area contributed by atoms with Gasteiger partial charge >= 0.3 is 101 Å². The summed E-state index contributed by atoms with van der Waals surface area (Å²) in [5.74, 6) is -16.6. The lowest BCUT2D eigenvalue weighted by Crippen LogP contribution is -2.38. The summed E-state index contributed by atoms with van der Waals surface area (Å²) in [7, 11) is 0. The van der Waals surface area contributed by atoms with Gasteiger partial charge in [-0.05, 0) is 108 Å². The van der Waals surface area contributed by atoms with Gasteiger partial charge in [0.05, 0.1) is 0 Å². The van der Waals surface area contributed by atoms with Crippen LogP contribution in [0.15, 0.2) is 60.7 Å². The number of aliphatic carboxylic acids is 2. The molecule has 0 spiro atoms. The van der Waals surface area contributed by atoms with Crippen LogP contribution in [0.1, 0.15) is 129 Å². The van der Waals surface area contributed by atoms with Crippen LogP contribution in [0.5, 0.6) is 0 Å². The van der Waals surface area contributed by atoms with Crippen molar-refractivity contribution in [3.05, 3.63) is 71.8 Å². The molecule has 2 aromatic carbocycles. The van der Waals surface area contributed by atoms with Gasteiger partial charge in [-0.2, -0.15) is 0 Å². The summed E-state index contributed by atoms with van der Waals surface area (Å²) >= 11 is 0. The summed E-state index contributed by atoms with van der Waals surface area (Å²) in [5.41, 5.74) is 1.66. The van der Waals surface area contributed by atoms with E-state index in [9.17, 15) is 81.5 Å². The number of esters is 15. The highest BCUT2D eigenvalue weighted by Gasteiger charge is 2.34. The fraction of sp³-hybridized carbons (Fsp3) is 0.532. The Morgan fingerprint density at radius 3 is 0.598 bits per heavy atom. The van der Waals surface area contributed by atoms with E-state index in [1.807, 2.05) is 36.4 Å². The number of carbonyl (C=O) groups excluding carboxylic acids is 15. The van der Waals surface area contributed by atoms with Crippen molar-refractivity contribution in [3.63, 3.8) is 0 Å². The van der Waals surface area contributed by atoms with Crippen molar-refractivity contribution < 1.29 is 168 Å². The van der Waals surface area contributed by atoms with E-state index in [1.54, 1.807) is 24.3 Å². The molecule has 0 bridgehead atoms. The van der Waals surface area contributed by atoms with Crippen molar-refractivity contribution >= 4 is 101 Å². The van der Waals surface area contributed by atoms with Gasteiger partial charge in [0.15, 0.2) is 79.4 Å². The Morgan fingerprint density at radius 2 is 0.423 bits per heavy atom. The molecule has 14 atom stereocenters. The Kier molecular flexibility index (Phi) is 41.6. The topological polar surface area (TPSA) is 489 Å². The number of ether oxygens (including phenoxy) is 15. The van der Waals surface area contributed by atoms with E-state index in [1.165, 1.54) is 69.2 Å². The van der Waals surface area contributed by atoms with Gasteiger partial charge in [-0.1, -0.05) is 60.7 Å². The van der Waals surface area contributed by atoms with Crippen LogP contribution < -0.4 is 0 Å². The summed E-state index contributed by atoms with van der Waals surface area (Å²) in [5, 5.41) is 26.0. The number of benzene rings is 2. The number of hydrogen-bond acceptors (Lipinski definition) is 33. The van der Waals surface area contributed by atoms with Crippen LogP contribution in [-0.2, 0) is 166 Å². The van der Waals surface area contributed by atoms with E-state index in [2.05, 4.69) is 28.4 Å². The van der Waals surface area contributed by atoms with E-state index >= 15 is 0 Å². The molecule has 0 fully saturated rings. The molecule has 0 radical (unpaired) electrons.